The molecule has 106 valence electrons. The van der Waals surface area contributed by atoms with Crippen molar-refractivity contribution in [3.63, 3.8) is 0 Å². The van der Waals surface area contributed by atoms with Gasteiger partial charge in [0.05, 0.1) is 12.2 Å². The minimum atomic E-state index is -1.46. The number of carbonyl (C=O) groups is 1. The number of hydrogen-bond acceptors (Lipinski definition) is 4. The molecule has 1 heterocycles. The fourth-order valence-electron chi connectivity index (χ4n) is 2.51. The number of carbonyl (C=O) groups excluding carboxylic acids is 1. The van der Waals surface area contributed by atoms with Crippen LogP contribution in [0.1, 0.15) is 22.8 Å². The molecule has 0 saturated heterocycles. The highest BCUT2D eigenvalue weighted by molar-refractivity contribution is 6.41. The molecule has 2 aromatic rings. The van der Waals surface area contributed by atoms with Gasteiger partial charge >= 0.3 is 5.97 Å². The van der Waals surface area contributed by atoms with Gasteiger partial charge in [-0.15, -0.1) is 0 Å². The average Bonchev–Trinajstić information content (AvgIpc) is 2.47. The molecule has 0 atom stereocenters. The summed E-state index contributed by atoms with van der Waals surface area (Å²) in [6.45, 7) is 1.92. The van der Waals surface area contributed by atoms with Gasteiger partial charge in [-0.1, -0.05) is 30.3 Å². The van der Waals surface area contributed by atoms with Crippen molar-refractivity contribution in [1.29, 1.82) is 0 Å². The maximum absolute atomic E-state index is 12.2. The van der Waals surface area contributed by atoms with E-state index in [-0.39, 0.29) is 17.9 Å². The first-order valence-electron chi connectivity index (χ1n) is 6.85. The number of benzene rings is 2. The summed E-state index contributed by atoms with van der Waals surface area (Å²) in [5, 5.41) is 10.2. The third-order valence-electron chi connectivity index (χ3n) is 3.45. The van der Waals surface area contributed by atoms with E-state index in [1.165, 1.54) is 6.08 Å². The Hall–Kier alpha value is -2.36. The lowest BCUT2D eigenvalue weighted by molar-refractivity contribution is 0.0525. The van der Waals surface area contributed by atoms with Crippen molar-refractivity contribution in [2.24, 2.45) is 0 Å². The zero-order valence-electron chi connectivity index (χ0n) is 12.0. The topological polar surface area (TPSA) is 55.8 Å². The molecule has 0 fully saturated rings. The molecule has 0 spiro atoms. The average molecular weight is 290 g/mol. The molecule has 3 rings (SSSR count). The molecule has 2 aromatic carbocycles. The Labute approximate surface area is 130 Å². The lowest BCUT2D eigenvalue weighted by Gasteiger charge is -2.31. The van der Waals surface area contributed by atoms with Crippen molar-refractivity contribution in [3.8, 4) is 11.5 Å². The second-order valence-electron chi connectivity index (χ2n) is 5.02. The number of aromatic hydroxyl groups is 1. The van der Waals surface area contributed by atoms with Crippen LogP contribution >= 0.6 is 0 Å². The normalized spacial score (nSPS) is 15.1. The summed E-state index contributed by atoms with van der Waals surface area (Å²) in [5.74, 6) is -0.461. The molecule has 0 saturated carbocycles. The van der Waals surface area contributed by atoms with E-state index in [4.69, 9.17) is 25.2 Å². The van der Waals surface area contributed by atoms with Gasteiger partial charge in [0.15, 0.2) is 0 Å². The predicted octanol–water partition coefficient (Wildman–Crippen LogP) is 2.12. The first-order chi connectivity index (χ1) is 10.4. The van der Waals surface area contributed by atoms with E-state index < -0.39 is 11.4 Å². The van der Waals surface area contributed by atoms with Gasteiger partial charge in [0.1, 0.15) is 32.8 Å². The highest BCUT2D eigenvalue weighted by Crippen LogP contribution is 2.44. The van der Waals surface area contributed by atoms with Gasteiger partial charge in [0.25, 0.3) is 0 Å². The van der Waals surface area contributed by atoms with Gasteiger partial charge in [0, 0.05) is 16.2 Å². The van der Waals surface area contributed by atoms with E-state index in [2.05, 4.69) is 0 Å². The Morgan fingerprint density at radius 2 is 2.00 bits per heavy atom. The third kappa shape index (κ3) is 2.25. The molecule has 1 aliphatic rings. The molecular weight excluding hydrogens is 278 g/mol. The van der Waals surface area contributed by atoms with E-state index in [0.29, 0.717) is 22.1 Å². The number of ether oxygens (including phenoxy) is 2. The lowest BCUT2D eigenvalue weighted by Crippen LogP contribution is -2.36. The van der Waals surface area contributed by atoms with Crippen LogP contribution in [0.4, 0.5) is 0 Å². The van der Waals surface area contributed by atoms with Crippen LogP contribution in [0.3, 0.4) is 0 Å². The standard InChI is InChI=1S/C16H12B2O4/c1-2-21-15(20)12-9-5-3-4-6-10(9)14-11(13(12)19)7-8-16(17,18)22-14/h3-8,19H,2H2,1H3. The zero-order valence-corrected chi connectivity index (χ0v) is 12.0. The number of hydrogen-bond donors (Lipinski definition) is 1. The van der Waals surface area contributed by atoms with E-state index >= 15 is 0 Å². The van der Waals surface area contributed by atoms with Gasteiger partial charge in [-0.05, 0) is 13.0 Å². The van der Waals surface area contributed by atoms with Gasteiger partial charge in [-0.2, -0.15) is 0 Å². The molecule has 0 bridgehead atoms. The van der Waals surface area contributed by atoms with Crippen LogP contribution in [0.15, 0.2) is 30.3 Å². The maximum Gasteiger partial charge on any atom is 0.342 e. The van der Waals surface area contributed by atoms with Crippen LogP contribution in [0.25, 0.3) is 16.8 Å². The van der Waals surface area contributed by atoms with Crippen molar-refractivity contribution < 1.29 is 19.4 Å². The van der Waals surface area contributed by atoms with E-state index in [9.17, 15) is 9.90 Å². The summed E-state index contributed by atoms with van der Waals surface area (Å²) in [5.41, 5.74) is 0.458. The Balaban J connectivity index is 2.35. The summed E-state index contributed by atoms with van der Waals surface area (Å²) in [4.78, 5) is 12.2. The van der Waals surface area contributed by atoms with Crippen LogP contribution in [0, 0.1) is 0 Å². The first-order valence-corrected chi connectivity index (χ1v) is 6.85. The van der Waals surface area contributed by atoms with Crippen molar-refractivity contribution in [3.05, 3.63) is 41.5 Å². The minimum absolute atomic E-state index is 0.103. The van der Waals surface area contributed by atoms with Crippen molar-refractivity contribution in [1.82, 2.24) is 0 Å². The second kappa shape index (κ2) is 5.13. The Morgan fingerprint density at radius 1 is 1.32 bits per heavy atom. The minimum Gasteiger partial charge on any atom is -0.506 e. The summed E-state index contributed by atoms with van der Waals surface area (Å²) in [6.07, 6.45) is 2.96. The summed E-state index contributed by atoms with van der Waals surface area (Å²) in [7, 11) is 11.5. The monoisotopic (exact) mass is 290 g/mol. The van der Waals surface area contributed by atoms with Crippen molar-refractivity contribution in [2.45, 2.75) is 12.3 Å². The molecule has 4 nitrogen and oxygen atoms in total. The molecule has 22 heavy (non-hydrogen) atoms. The lowest BCUT2D eigenvalue weighted by atomic mass is 9.64. The summed E-state index contributed by atoms with van der Waals surface area (Å²) in [6, 6.07) is 7.03. The fraction of sp³-hybridized carbons (Fsp3) is 0.188. The van der Waals surface area contributed by atoms with Crippen LogP contribution in [-0.4, -0.2) is 38.8 Å². The third-order valence-corrected chi connectivity index (χ3v) is 3.45. The number of phenolic OH excluding ortho intramolecular Hbond substituents is 1. The Morgan fingerprint density at radius 3 is 2.68 bits per heavy atom. The Bertz CT molecular complexity index is 796. The van der Waals surface area contributed by atoms with Crippen molar-refractivity contribution >= 4 is 38.5 Å². The number of phenols is 1. The van der Waals surface area contributed by atoms with Crippen LogP contribution < -0.4 is 4.74 Å². The Kier molecular flexibility index (Phi) is 3.39. The summed E-state index contributed by atoms with van der Waals surface area (Å²) >= 11 is 0. The maximum atomic E-state index is 12.2. The molecule has 1 aliphatic heterocycles. The quantitative estimate of drug-likeness (QED) is 0.680. The molecule has 0 aliphatic carbocycles. The summed E-state index contributed by atoms with van der Waals surface area (Å²) < 4.78 is 10.6. The molecule has 4 radical (unpaired) electrons. The highest BCUT2D eigenvalue weighted by Gasteiger charge is 2.29. The van der Waals surface area contributed by atoms with E-state index in [1.807, 2.05) is 0 Å². The highest BCUT2D eigenvalue weighted by atomic mass is 16.5. The number of fused-ring (bicyclic) bond motifs is 3. The van der Waals surface area contributed by atoms with Gasteiger partial charge in [-0.3, -0.25) is 0 Å². The SMILES string of the molecule is [B]C1([B])C=Cc2c(O)c(C(=O)OCC)c3ccccc3c2O1. The predicted molar refractivity (Wildman–Crippen MR) is 85.5 cm³/mol. The van der Waals surface area contributed by atoms with Crippen LogP contribution in [-0.2, 0) is 4.74 Å². The van der Waals surface area contributed by atoms with Crippen LogP contribution in [0.5, 0.6) is 11.5 Å². The molecule has 1 N–H and O–H groups in total. The van der Waals surface area contributed by atoms with Crippen LogP contribution in [0.2, 0.25) is 0 Å². The van der Waals surface area contributed by atoms with E-state index in [0.717, 1.165) is 0 Å². The van der Waals surface area contributed by atoms with Gasteiger partial charge < -0.3 is 14.6 Å². The second-order valence-corrected chi connectivity index (χ2v) is 5.02. The van der Waals surface area contributed by atoms with E-state index in [1.54, 1.807) is 37.3 Å². The molecule has 0 unspecified atom stereocenters. The fourth-order valence-corrected chi connectivity index (χ4v) is 2.51. The molecule has 6 heteroatoms. The molecule has 0 amide bonds. The van der Waals surface area contributed by atoms with Crippen molar-refractivity contribution in [2.75, 3.05) is 6.61 Å². The number of esters is 1. The zero-order chi connectivity index (χ0) is 15.9. The largest absolute Gasteiger partial charge is 0.506 e. The molecular formula is C16H12B2O4. The van der Waals surface area contributed by atoms with Gasteiger partial charge in [-0.25, -0.2) is 4.79 Å². The first kappa shape index (κ1) is 14.6. The van der Waals surface area contributed by atoms with Gasteiger partial charge in [0.2, 0.25) is 0 Å². The molecule has 0 aromatic heterocycles. The smallest absolute Gasteiger partial charge is 0.342 e. The number of rotatable bonds is 2.